The Balaban J connectivity index is 2.07. The average molecular weight is 297 g/mol. The lowest BCUT2D eigenvalue weighted by molar-refractivity contribution is 0.0518. The molecule has 0 radical (unpaired) electrons. The first-order valence-corrected chi connectivity index (χ1v) is 6.60. The van der Waals surface area contributed by atoms with E-state index in [0.717, 1.165) is 6.20 Å². The van der Waals surface area contributed by atoms with E-state index in [0.29, 0.717) is 22.8 Å². The second kappa shape index (κ2) is 5.32. The van der Waals surface area contributed by atoms with Gasteiger partial charge in [0.2, 0.25) is 0 Å². The first kappa shape index (κ1) is 14.6. The summed E-state index contributed by atoms with van der Waals surface area (Å²) in [5.41, 5.74) is 0.0824. The molecular formula is C13H16FN3O2S. The Morgan fingerprint density at radius 1 is 1.60 bits per heavy atom. The number of anilines is 1. The third-order valence-electron chi connectivity index (χ3n) is 2.61. The van der Waals surface area contributed by atoms with E-state index in [1.54, 1.807) is 20.8 Å². The van der Waals surface area contributed by atoms with Crippen LogP contribution >= 0.6 is 12.2 Å². The van der Waals surface area contributed by atoms with E-state index in [4.69, 9.17) is 17.0 Å². The summed E-state index contributed by atoms with van der Waals surface area (Å²) >= 11 is 5.18. The number of hydrogen-bond acceptors (Lipinski definition) is 4. The van der Waals surface area contributed by atoms with Crippen LogP contribution in [0.3, 0.4) is 0 Å². The molecule has 20 heavy (non-hydrogen) atoms. The number of amides is 1. The number of nitrogens with zero attached hydrogens (tertiary/aromatic N) is 1. The van der Waals surface area contributed by atoms with Crippen LogP contribution in [0.15, 0.2) is 12.3 Å². The van der Waals surface area contributed by atoms with Gasteiger partial charge in [-0.25, -0.2) is 14.2 Å². The highest BCUT2D eigenvalue weighted by molar-refractivity contribution is 7.80. The maximum atomic E-state index is 13.2. The number of carbonyl (C=O) groups excluding carboxylic acids is 1. The maximum absolute atomic E-state index is 13.2. The predicted molar refractivity (Wildman–Crippen MR) is 77.3 cm³/mol. The molecule has 2 heterocycles. The van der Waals surface area contributed by atoms with Gasteiger partial charge < -0.3 is 15.4 Å². The molecule has 0 saturated carbocycles. The number of halogens is 1. The van der Waals surface area contributed by atoms with E-state index in [-0.39, 0.29) is 0 Å². The minimum atomic E-state index is -0.584. The summed E-state index contributed by atoms with van der Waals surface area (Å²) in [5, 5.41) is 5.56. The minimum Gasteiger partial charge on any atom is -0.444 e. The molecule has 1 aliphatic rings. The Morgan fingerprint density at radius 2 is 2.30 bits per heavy atom. The SMILES string of the molecule is CC(C)(C)OC(=O)N[C@H]1Cc2cc(F)cnc2NC1=S. The summed E-state index contributed by atoms with van der Waals surface area (Å²) in [7, 11) is 0. The lowest BCUT2D eigenvalue weighted by Gasteiger charge is -2.28. The zero-order valence-corrected chi connectivity index (χ0v) is 12.3. The molecule has 1 aromatic rings. The topological polar surface area (TPSA) is 63.2 Å². The molecule has 0 aliphatic carbocycles. The third-order valence-corrected chi connectivity index (χ3v) is 2.99. The number of nitrogens with one attached hydrogen (secondary N) is 2. The van der Waals surface area contributed by atoms with Crippen LogP contribution in [0.4, 0.5) is 15.0 Å². The molecule has 0 spiro atoms. The Hall–Kier alpha value is -1.76. The van der Waals surface area contributed by atoms with Crippen LogP contribution in [0.2, 0.25) is 0 Å². The number of aromatic nitrogens is 1. The smallest absolute Gasteiger partial charge is 0.408 e. The highest BCUT2D eigenvalue weighted by atomic mass is 32.1. The highest BCUT2D eigenvalue weighted by Gasteiger charge is 2.27. The standard InChI is InChI=1S/C13H16FN3O2S/c1-13(2,3)19-12(18)16-9-5-7-4-8(14)6-15-10(7)17-11(9)20/h4,6,9H,5H2,1-3H3,(H,16,18)(H,15,17,20)/t9-/m0/s1. The Morgan fingerprint density at radius 3 is 2.95 bits per heavy atom. The van der Waals surface area contributed by atoms with Gasteiger partial charge in [0.25, 0.3) is 0 Å². The molecule has 0 saturated heterocycles. The summed E-state index contributed by atoms with van der Waals surface area (Å²) < 4.78 is 18.3. The van der Waals surface area contributed by atoms with E-state index >= 15 is 0 Å². The van der Waals surface area contributed by atoms with Gasteiger partial charge in [-0.3, -0.25) is 0 Å². The van der Waals surface area contributed by atoms with Crippen molar-refractivity contribution in [3.63, 3.8) is 0 Å². The lowest BCUT2D eigenvalue weighted by Crippen LogP contribution is -2.48. The Bertz CT molecular complexity index is 557. The zero-order chi connectivity index (χ0) is 14.9. The fourth-order valence-electron chi connectivity index (χ4n) is 1.83. The number of fused-ring (bicyclic) bond motifs is 1. The maximum Gasteiger partial charge on any atom is 0.408 e. The normalized spacial score (nSPS) is 18.0. The second-order valence-electron chi connectivity index (χ2n) is 5.55. The zero-order valence-electron chi connectivity index (χ0n) is 11.5. The van der Waals surface area contributed by atoms with Crippen LogP contribution in [-0.2, 0) is 11.2 Å². The highest BCUT2D eigenvalue weighted by Crippen LogP contribution is 2.21. The van der Waals surface area contributed by atoms with Gasteiger partial charge in [-0.2, -0.15) is 0 Å². The predicted octanol–water partition coefficient (Wildman–Crippen LogP) is 2.41. The first-order chi connectivity index (χ1) is 9.24. The molecule has 5 nitrogen and oxygen atoms in total. The number of rotatable bonds is 1. The molecule has 1 aromatic heterocycles. The van der Waals surface area contributed by atoms with Gasteiger partial charge in [0.1, 0.15) is 22.2 Å². The van der Waals surface area contributed by atoms with Crippen molar-refractivity contribution < 1.29 is 13.9 Å². The van der Waals surface area contributed by atoms with Crippen molar-refractivity contribution in [1.82, 2.24) is 10.3 Å². The minimum absolute atomic E-state index is 0.380. The van der Waals surface area contributed by atoms with Gasteiger partial charge in [0, 0.05) is 12.0 Å². The molecule has 2 rings (SSSR count). The summed E-state index contributed by atoms with van der Waals surface area (Å²) in [6.45, 7) is 5.33. The number of ether oxygens (including phenoxy) is 1. The molecule has 0 bridgehead atoms. The van der Waals surface area contributed by atoms with E-state index in [2.05, 4.69) is 15.6 Å². The summed E-state index contributed by atoms with van der Waals surface area (Å²) in [6, 6.07) is 0.942. The Labute approximate surface area is 121 Å². The Kier molecular flexibility index (Phi) is 3.89. The van der Waals surface area contributed by atoms with Gasteiger partial charge in [-0.1, -0.05) is 12.2 Å². The van der Waals surface area contributed by atoms with Crippen LogP contribution in [0, 0.1) is 5.82 Å². The van der Waals surface area contributed by atoms with Gasteiger partial charge in [-0.05, 0) is 26.8 Å². The monoisotopic (exact) mass is 297 g/mol. The van der Waals surface area contributed by atoms with Crippen LogP contribution in [-0.4, -0.2) is 27.7 Å². The number of thiocarbonyl (C=S) groups is 1. The van der Waals surface area contributed by atoms with Crippen molar-refractivity contribution in [2.45, 2.75) is 38.8 Å². The van der Waals surface area contributed by atoms with Crippen LogP contribution < -0.4 is 10.6 Å². The van der Waals surface area contributed by atoms with Gasteiger partial charge in [-0.15, -0.1) is 0 Å². The van der Waals surface area contributed by atoms with Crippen molar-refractivity contribution in [1.29, 1.82) is 0 Å². The van der Waals surface area contributed by atoms with Crippen LogP contribution in [0.25, 0.3) is 0 Å². The molecule has 0 fully saturated rings. The van der Waals surface area contributed by atoms with Gasteiger partial charge in [0.15, 0.2) is 0 Å². The van der Waals surface area contributed by atoms with Crippen molar-refractivity contribution in [2.24, 2.45) is 0 Å². The fourth-order valence-corrected chi connectivity index (χ4v) is 2.07. The molecule has 1 aliphatic heterocycles. The van der Waals surface area contributed by atoms with Gasteiger partial charge >= 0.3 is 6.09 Å². The van der Waals surface area contributed by atoms with E-state index in [9.17, 15) is 9.18 Å². The second-order valence-corrected chi connectivity index (χ2v) is 5.99. The number of carbonyl (C=O) groups is 1. The summed E-state index contributed by atoms with van der Waals surface area (Å²) in [6.07, 6.45) is 0.945. The molecule has 1 atom stereocenters. The van der Waals surface area contributed by atoms with Crippen molar-refractivity contribution >= 4 is 29.1 Å². The fraction of sp³-hybridized carbons (Fsp3) is 0.462. The van der Waals surface area contributed by atoms with Crippen LogP contribution in [0.1, 0.15) is 26.3 Å². The van der Waals surface area contributed by atoms with Gasteiger partial charge in [0.05, 0.1) is 12.2 Å². The van der Waals surface area contributed by atoms with Crippen molar-refractivity contribution in [3.8, 4) is 0 Å². The average Bonchev–Trinajstić information content (AvgIpc) is 2.28. The van der Waals surface area contributed by atoms with E-state index in [1.165, 1.54) is 6.07 Å². The molecule has 1 amide bonds. The first-order valence-electron chi connectivity index (χ1n) is 6.19. The number of alkyl carbamates (subject to hydrolysis) is 1. The molecule has 0 aromatic carbocycles. The molecule has 0 unspecified atom stereocenters. The molecule has 2 N–H and O–H groups in total. The van der Waals surface area contributed by atoms with E-state index in [1.807, 2.05) is 0 Å². The molecule has 7 heteroatoms. The summed E-state index contributed by atoms with van der Waals surface area (Å²) in [5.74, 6) is 0.105. The summed E-state index contributed by atoms with van der Waals surface area (Å²) in [4.78, 5) is 16.1. The third kappa shape index (κ3) is 3.63. The lowest BCUT2D eigenvalue weighted by atomic mass is 10.0. The molecular weight excluding hydrogens is 281 g/mol. The van der Waals surface area contributed by atoms with Crippen molar-refractivity contribution in [2.75, 3.05) is 5.32 Å². The van der Waals surface area contributed by atoms with E-state index < -0.39 is 23.6 Å². The quantitative estimate of drug-likeness (QED) is 0.779. The number of hydrogen-bond donors (Lipinski definition) is 2. The number of pyridine rings is 1. The van der Waals surface area contributed by atoms with Crippen LogP contribution in [0.5, 0.6) is 0 Å². The molecule has 108 valence electrons. The largest absolute Gasteiger partial charge is 0.444 e. The van der Waals surface area contributed by atoms with Crippen molar-refractivity contribution in [3.05, 3.63) is 23.6 Å².